The van der Waals surface area contributed by atoms with E-state index in [1.165, 1.54) is 0 Å². The third kappa shape index (κ3) is 2.11. The Morgan fingerprint density at radius 1 is 1.16 bits per heavy atom. The number of nitriles is 1. The normalized spacial score (nSPS) is 13.4. The summed E-state index contributed by atoms with van der Waals surface area (Å²) < 4.78 is 0. The first-order valence-electron chi connectivity index (χ1n) is 6.09. The van der Waals surface area contributed by atoms with Gasteiger partial charge in [-0.3, -0.25) is 0 Å². The van der Waals surface area contributed by atoms with Gasteiger partial charge < -0.3 is 10.2 Å². The SMILES string of the molecule is N#Cc1ccc2c(c1)NCCN2c1ccccc1Cl. The number of nitrogens with one attached hydrogen (secondary N) is 1. The third-order valence-electron chi connectivity index (χ3n) is 3.21. The molecule has 1 aliphatic heterocycles. The van der Waals surface area contributed by atoms with Gasteiger partial charge in [-0.25, -0.2) is 0 Å². The van der Waals surface area contributed by atoms with Crippen LogP contribution in [0.25, 0.3) is 0 Å². The fourth-order valence-electron chi connectivity index (χ4n) is 2.33. The van der Waals surface area contributed by atoms with Gasteiger partial charge in [0, 0.05) is 13.1 Å². The smallest absolute Gasteiger partial charge is 0.0992 e. The molecule has 1 heterocycles. The molecule has 0 saturated heterocycles. The van der Waals surface area contributed by atoms with E-state index in [4.69, 9.17) is 16.9 Å². The topological polar surface area (TPSA) is 39.1 Å². The van der Waals surface area contributed by atoms with Crippen molar-refractivity contribution in [2.24, 2.45) is 0 Å². The monoisotopic (exact) mass is 269 g/mol. The van der Waals surface area contributed by atoms with Crippen molar-refractivity contribution in [1.82, 2.24) is 0 Å². The van der Waals surface area contributed by atoms with E-state index >= 15 is 0 Å². The van der Waals surface area contributed by atoms with E-state index in [0.29, 0.717) is 5.56 Å². The molecule has 0 atom stereocenters. The number of benzene rings is 2. The van der Waals surface area contributed by atoms with Gasteiger partial charge in [0.15, 0.2) is 0 Å². The fraction of sp³-hybridized carbons (Fsp3) is 0.133. The molecule has 0 bridgehead atoms. The maximum absolute atomic E-state index is 8.95. The first-order valence-corrected chi connectivity index (χ1v) is 6.47. The Kier molecular flexibility index (Phi) is 3.02. The summed E-state index contributed by atoms with van der Waals surface area (Å²) in [5.74, 6) is 0. The van der Waals surface area contributed by atoms with E-state index in [9.17, 15) is 0 Å². The van der Waals surface area contributed by atoms with Crippen LogP contribution in [0.15, 0.2) is 42.5 Å². The fourth-order valence-corrected chi connectivity index (χ4v) is 2.56. The number of halogens is 1. The van der Waals surface area contributed by atoms with E-state index in [0.717, 1.165) is 35.2 Å². The Balaban J connectivity index is 2.09. The van der Waals surface area contributed by atoms with Crippen LogP contribution in [0, 0.1) is 11.3 Å². The summed E-state index contributed by atoms with van der Waals surface area (Å²) in [4.78, 5) is 2.18. The Morgan fingerprint density at radius 2 is 2.00 bits per heavy atom. The zero-order valence-corrected chi connectivity index (χ0v) is 11.0. The molecule has 3 nitrogen and oxygen atoms in total. The summed E-state index contributed by atoms with van der Waals surface area (Å²) in [7, 11) is 0. The highest BCUT2D eigenvalue weighted by Crippen LogP contribution is 2.38. The van der Waals surface area contributed by atoms with E-state index in [1.54, 1.807) is 0 Å². The van der Waals surface area contributed by atoms with E-state index in [2.05, 4.69) is 16.3 Å². The molecule has 3 rings (SSSR count). The van der Waals surface area contributed by atoms with Gasteiger partial charge in [0.2, 0.25) is 0 Å². The van der Waals surface area contributed by atoms with Crippen molar-refractivity contribution in [3.8, 4) is 6.07 Å². The minimum atomic E-state index is 0.659. The number of nitrogens with zero attached hydrogens (tertiary/aromatic N) is 2. The highest BCUT2D eigenvalue weighted by molar-refractivity contribution is 6.33. The van der Waals surface area contributed by atoms with Crippen LogP contribution in [0.4, 0.5) is 17.1 Å². The molecule has 2 aromatic carbocycles. The largest absolute Gasteiger partial charge is 0.382 e. The number of anilines is 3. The molecule has 2 aromatic rings. The second-order valence-electron chi connectivity index (χ2n) is 4.37. The Hall–Kier alpha value is -2.18. The van der Waals surface area contributed by atoms with Gasteiger partial charge in [-0.2, -0.15) is 5.26 Å². The highest BCUT2D eigenvalue weighted by atomic mass is 35.5. The average molecular weight is 270 g/mol. The minimum absolute atomic E-state index is 0.659. The maximum atomic E-state index is 8.95. The first-order chi connectivity index (χ1) is 9.29. The first kappa shape index (κ1) is 11.9. The van der Waals surface area contributed by atoms with Crippen LogP contribution in [-0.4, -0.2) is 13.1 Å². The van der Waals surface area contributed by atoms with Gasteiger partial charge >= 0.3 is 0 Å². The molecular weight excluding hydrogens is 258 g/mol. The number of fused-ring (bicyclic) bond motifs is 1. The molecule has 0 spiro atoms. The summed E-state index contributed by atoms with van der Waals surface area (Å²) in [6.07, 6.45) is 0. The molecule has 0 aromatic heterocycles. The van der Waals surface area contributed by atoms with Crippen LogP contribution in [0.5, 0.6) is 0 Å². The third-order valence-corrected chi connectivity index (χ3v) is 3.53. The lowest BCUT2D eigenvalue weighted by molar-refractivity contribution is 0.926. The number of hydrogen-bond donors (Lipinski definition) is 1. The standard InChI is InChI=1S/C15H12ClN3/c16-12-3-1-2-4-14(12)19-8-7-18-13-9-11(10-17)5-6-15(13)19/h1-6,9,18H,7-8H2. The summed E-state index contributed by atoms with van der Waals surface area (Å²) >= 11 is 6.27. The van der Waals surface area contributed by atoms with Crippen molar-refractivity contribution in [3.05, 3.63) is 53.1 Å². The molecule has 0 saturated carbocycles. The van der Waals surface area contributed by atoms with Gasteiger partial charge in [-0.15, -0.1) is 0 Å². The van der Waals surface area contributed by atoms with E-state index in [1.807, 2.05) is 42.5 Å². The summed E-state index contributed by atoms with van der Waals surface area (Å²) in [6.45, 7) is 1.68. The van der Waals surface area contributed by atoms with Gasteiger partial charge in [0.25, 0.3) is 0 Å². The zero-order valence-electron chi connectivity index (χ0n) is 10.2. The average Bonchev–Trinajstić information content (AvgIpc) is 2.46. The summed E-state index contributed by atoms with van der Waals surface area (Å²) in [6, 6.07) is 15.6. The minimum Gasteiger partial charge on any atom is -0.382 e. The van der Waals surface area contributed by atoms with Gasteiger partial charge in [-0.05, 0) is 30.3 Å². The zero-order chi connectivity index (χ0) is 13.2. The molecule has 0 fully saturated rings. The second-order valence-corrected chi connectivity index (χ2v) is 4.78. The molecule has 94 valence electrons. The quantitative estimate of drug-likeness (QED) is 0.856. The maximum Gasteiger partial charge on any atom is 0.0992 e. The van der Waals surface area contributed by atoms with Crippen LogP contribution in [0.2, 0.25) is 5.02 Å². The van der Waals surface area contributed by atoms with Crippen molar-refractivity contribution in [2.75, 3.05) is 23.3 Å². The van der Waals surface area contributed by atoms with Crippen LogP contribution < -0.4 is 10.2 Å². The molecule has 1 N–H and O–H groups in total. The Labute approximate surface area is 117 Å². The molecule has 0 radical (unpaired) electrons. The highest BCUT2D eigenvalue weighted by Gasteiger charge is 2.19. The van der Waals surface area contributed by atoms with Crippen molar-refractivity contribution in [1.29, 1.82) is 5.26 Å². The molecule has 0 unspecified atom stereocenters. The molecule has 0 aliphatic carbocycles. The molecular formula is C15H12ClN3. The van der Waals surface area contributed by atoms with E-state index < -0.39 is 0 Å². The van der Waals surface area contributed by atoms with E-state index in [-0.39, 0.29) is 0 Å². The lowest BCUT2D eigenvalue weighted by Gasteiger charge is -2.32. The number of para-hydroxylation sites is 1. The molecule has 19 heavy (non-hydrogen) atoms. The van der Waals surface area contributed by atoms with Crippen LogP contribution in [0.3, 0.4) is 0 Å². The second kappa shape index (κ2) is 4.83. The predicted octanol–water partition coefficient (Wildman–Crippen LogP) is 3.78. The van der Waals surface area contributed by atoms with Gasteiger partial charge in [-0.1, -0.05) is 23.7 Å². The van der Waals surface area contributed by atoms with Crippen LogP contribution in [-0.2, 0) is 0 Å². The summed E-state index contributed by atoms with van der Waals surface area (Å²) in [5, 5.41) is 13.0. The number of hydrogen-bond acceptors (Lipinski definition) is 3. The lowest BCUT2D eigenvalue weighted by atomic mass is 10.1. The number of rotatable bonds is 1. The predicted molar refractivity (Wildman–Crippen MR) is 78.1 cm³/mol. The van der Waals surface area contributed by atoms with Crippen molar-refractivity contribution < 1.29 is 0 Å². The molecule has 1 aliphatic rings. The van der Waals surface area contributed by atoms with Gasteiger partial charge in [0.05, 0.1) is 33.7 Å². The van der Waals surface area contributed by atoms with Crippen molar-refractivity contribution in [3.63, 3.8) is 0 Å². The lowest BCUT2D eigenvalue weighted by Crippen LogP contribution is -2.30. The molecule has 0 amide bonds. The molecule has 4 heteroatoms. The summed E-state index contributed by atoms with van der Waals surface area (Å²) in [5.41, 5.74) is 3.69. The Morgan fingerprint density at radius 3 is 2.79 bits per heavy atom. The van der Waals surface area contributed by atoms with Crippen molar-refractivity contribution >= 4 is 28.7 Å². The van der Waals surface area contributed by atoms with Gasteiger partial charge in [0.1, 0.15) is 0 Å². The van der Waals surface area contributed by atoms with Crippen molar-refractivity contribution in [2.45, 2.75) is 0 Å². The van der Waals surface area contributed by atoms with Crippen LogP contribution in [0.1, 0.15) is 5.56 Å². The Bertz CT molecular complexity index is 661. The van der Waals surface area contributed by atoms with Crippen LogP contribution >= 0.6 is 11.6 Å².